The van der Waals surface area contributed by atoms with Gasteiger partial charge in [0.2, 0.25) is 0 Å². The molecule has 11 heavy (non-hydrogen) atoms. The number of hydrogen-bond donors (Lipinski definition) is 1. The summed E-state index contributed by atoms with van der Waals surface area (Å²) in [5.41, 5.74) is 7.32. The largest absolute Gasteiger partial charge is 0.402 e. The van der Waals surface area contributed by atoms with Crippen molar-refractivity contribution in [3.05, 3.63) is 48.2 Å². The topological polar surface area (TPSA) is 26.0 Å². The molecule has 0 aliphatic heterocycles. The normalized spacial score (nSPS) is 14.0. The van der Waals surface area contributed by atoms with E-state index in [-0.39, 0.29) is 0 Å². The molecule has 0 aromatic heterocycles. The molecule has 0 aromatic rings. The highest BCUT2D eigenvalue weighted by Crippen LogP contribution is 1.98. The Morgan fingerprint density at radius 2 is 2.00 bits per heavy atom. The molecule has 2 N–H and O–H groups in total. The third-order valence-corrected chi connectivity index (χ3v) is 1.13. The van der Waals surface area contributed by atoms with E-state index in [0.717, 1.165) is 11.3 Å². The minimum atomic E-state index is 0.800. The van der Waals surface area contributed by atoms with Crippen molar-refractivity contribution < 1.29 is 0 Å². The molecule has 0 unspecified atom stereocenters. The van der Waals surface area contributed by atoms with Crippen molar-refractivity contribution in [2.24, 2.45) is 5.73 Å². The summed E-state index contributed by atoms with van der Waals surface area (Å²) in [7, 11) is 0. The van der Waals surface area contributed by atoms with Crippen LogP contribution in [0.15, 0.2) is 48.2 Å². The van der Waals surface area contributed by atoms with Gasteiger partial charge in [0.25, 0.3) is 0 Å². The summed E-state index contributed by atoms with van der Waals surface area (Å²) < 4.78 is 0. The molecule has 0 aliphatic carbocycles. The van der Waals surface area contributed by atoms with Gasteiger partial charge in [0.1, 0.15) is 0 Å². The van der Waals surface area contributed by atoms with E-state index < -0.39 is 0 Å². The Bertz CT molecular complexity index is 203. The summed E-state index contributed by atoms with van der Waals surface area (Å²) in [4.78, 5) is 0. The molecule has 0 aliphatic rings. The van der Waals surface area contributed by atoms with E-state index in [1.807, 2.05) is 38.2 Å². The first-order valence-electron chi connectivity index (χ1n) is 3.60. The van der Waals surface area contributed by atoms with Gasteiger partial charge in [-0.2, -0.15) is 0 Å². The molecule has 0 atom stereocenters. The Morgan fingerprint density at radius 3 is 2.36 bits per heavy atom. The summed E-state index contributed by atoms with van der Waals surface area (Å²) in [6.45, 7) is 7.49. The molecule has 0 saturated heterocycles. The first-order chi connectivity index (χ1) is 5.20. The van der Waals surface area contributed by atoms with Crippen LogP contribution < -0.4 is 5.73 Å². The van der Waals surface area contributed by atoms with E-state index in [1.165, 1.54) is 0 Å². The number of rotatable bonds is 3. The van der Waals surface area contributed by atoms with Gasteiger partial charge in [0.05, 0.1) is 0 Å². The van der Waals surface area contributed by atoms with Gasteiger partial charge in [-0.15, -0.1) is 0 Å². The molecule has 0 aromatic carbocycles. The lowest BCUT2D eigenvalue weighted by Gasteiger charge is -1.89. The second-order valence-electron chi connectivity index (χ2n) is 2.28. The Morgan fingerprint density at radius 1 is 1.36 bits per heavy atom. The van der Waals surface area contributed by atoms with Crippen LogP contribution in [0, 0.1) is 0 Å². The second kappa shape index (κ2) is 5.54. The molecule has 1 heteroatoms. The highest BCUT2D eigenvalue weighted by Gasteiger charge is 1.79. The molecular formula is C10H15N. The second-order valence-corrected chi connectivity index (χ2v) is 2.28. The summed E-state index contributed by atoms with van der Waals surface area (Å²) in [6, 6.07) is 0. The third-order valence-electron chi connectivity index (χ3n) is 1.13. The fourth-order valence-corrected chi connectivity index (χ4v) is 0.612. The van der Waals surface area contributed by atoms with E-state index in [2.05, 4.69) is 6.58 Å². The first-order valence-corrected chi connectivity index (χ1v) is 3.60. The van der Waals surface area contributed by atoms with Crippen molar-refractivity contribution in [2.75, 3.05) is 0 Å². The average molecular weight is 149 g/mol. The van der Waals surface area contributed by atoms with Crippen molar-refractivity contribution in [3.63, 3.8) is 0 Å². The SMILES string of the molecule is C=CC(/C=C\C)=C/C=C(\C)N. The van der Waals surface area contributed by atoms with Crippen LogP contribution in [0.1, 0.15) is 13.8 Å². The van der Waals surface area contributed by atoms with Crippen LogP contribution in [-0.4, -0.2) is 0 Å². The van der Waals surface area contributed by atoms with E-state index in [1.54, 1.807) is 6.08 Å². The van der Waals surface area contributed by atoms with E-state index in [9.17, 15) is 0 Å². The maximum atomic E-state index is 5.45. The zero-order valence-corrected chi connectivity index (χ0v) is 7.17. The highest BCUT2D eigenvalue weighted by atomic mass is 14.5. The minimum absolute atomic E-state index is 0.800. The van der Waals surface area contributed by atoms with Crippen LogP contribution in [0.3, 0.4) is 0 Å². The molecule has 0 fully saturated rings. The van der Waals surface area contributed by atoms with Gasteiger partial charge in [-0.25, -0.2) is 0 Å². The van der Waals surface area contributed by atoms with Gasteiger partial charge < -0.3 is 5.73 Å². The lowest BCUT2D eigenvalue weighted by molar-refractivity contribution is 1.31. The minimum Gasteiger partial charge on any atom is -0.402 e. The Balaban J connectivity index is 4.36. The highest BCUT2D eigenvalue weighted by molar-refractivity contribution is 5.32. The van der Waals surface area contributed by atoms with Crippen molar-refractivity contribution in [2.45, 2.75) is 13.8 Å². The predicted octanol–water partition coefficient (Wildman–Crippen LogP) is 2.54. The van der Waals surface area contributed by atoms with Crippen LogP contribution in [0.4, 0.5) is 0 Å². The number of nitrogens with two attached hydrogens (primary N) is 1. The summed E-state index contributed by atoms with van der Waals surface area (Å²) in [5, 5.41) is 0. The standard InChI is InChI=1S/C10H15N/c1-4-6-10(5-2)8-7-9(3)11/h4-8H,2,11H2,1,3H3/b6-4-,9-7+,10-8-. The molecule has 0 spiro atoms. The number of hydrogen-bond acceptors (Lipinski definition) is 1. The maximum absolute atomic E-state index is 5.45. The molecule has 0 radical (unpaired) electrons. The van der Waals surface area contributed by atoms with Crippen molar-refractivity contribution in [1.29, 1.82) is 0 Å². The first kappa shape index (κ1) is 9.76. The zero-order valence-electron chi connectivity index (χ0n) is 7.17. The van der Waals surface area contributed by atoms with Gasteiger partial charge in [0.15, 0.2) is 0 Å². The Hall–Kier alpha value is -1.24. The van der Waals surface area contributed by atoms with Crippen LogP contribution in [0.2, 0.25) is 0 Å². The Kier molecular flexibility index (Phi) is 4.91. The van der Waals surface area contributed by atoms with Crippen LogP contribution in [-0.2, 0) is 0 Å². The summed E-state index contributed by atoms with van der Waals surface area (Å²) >= 11 is 0. The fourth-order valence-electron chi connectivity index (χ4n) is 0.612. The average Bonchev–Trinajstić information content (AvgIpc) is 1.97. The smallest absolute Gasteiger partial charge is 0.00490 e. The molecular weight excluding hydrogens is 134 g/mol. The summed E-state index contributed by atoms with van der Waals surface area (Å²) in [5.74, 6) is 0. The molecule has 0 bridgehead atoms. The Labute approximate surface area is 68.6 Å². The van der Waals surface area contributed by atoms with Crippen molar-refractivity contribution >= 4 is 0 Å². The van der Waals surface area contributed by atoms with E-state index in [4.69, 9.17) is 5.73 Å². The van der Waals surface area contributed by atoms with Gasteiger partial charge in [-0.05, 0) is 25.5 Å². The lowest BCUT2D eigenvalue weighted by atomic mass is 10.2. The molecule has 60 valence electrons. The quantitative estimate of drug-likeness (QED) is 0.613. The van der Waals surface area contributed by atoms with Gasteiger partial charge in [-0.1, -0.05) is 30.9 Å². The van der Waals surface area contributed by atoms with E-state index in [0.29, 0.717) is 0 Å². The molecule has 0 saturated carbocycles. The van der Waals surface area contributed by atoms with Crippen molar-refractivity contribution in [1.82, 2.24) is 0 Å². The monoisotopic (exact) mass is 149 g/mol. The third kappa shape index (κ3) is 5.22. The molecule has 0 amide bonds. The molecule has 0 rings (SSSR count). The number of allylic oxidation sites excluding steroid dienone is 7. The zero-order chi connectivity index (χ0) is 8.69. The predicted molar refractivity (Wildman–Crippen MR) is 51.0 cm³/mol. The van der Waals surface area contributed by atoms with Gasteiger partial charge >= 0.3 is 0 Å². The van der Waals surface area contributed by atoms with Crippen LogP contribution >= 0.6 is 0 Å². The maximum Gasteiger partial charge on any atom is 0.00490 e. The van der Waals surface area contributed by atoms with Crippen LogP contribution in [0.25, 0.3) is 0 Å². The van der Waals surface area contributed by atoms with Gasteiger partial charge in [-0.3, -0.25) is 0 Å². The van der Waals surface area contributed by atoms with Gasteiger partial charge in [0, 0.05) is 5.70 Å². The molecule has 1 nitrogen and oxygen atoms in total. The van der Waals surface area contributed by atoms with E-state index >= 15 is 0 Å². The lowest BCUT2D eigenvalue weighted by Crippen LogP contribution is -1.88. The van der Waals surface area contributed by atoms with Crippen LogP contribution in [0.5, 0.6) is 0 Å². The summed E-state index contributed by atoms with van der Waals surface area (Å²) in [6.07, 6.45) is 9.53. The fraction of sp³-hybridized carbons (Fsp3) is 0.200. The van der Waals surface area contributed by atoms with Crippen molar-refractivity contribution in [3.8, 4) is 0 Å². The molecule has 0 heterocycles.